The first kappa shape index (κ1) is 77.8. The summed E-state index contributed by atoms with van der Waals surface area (Å²) in [4.78, 5) is 5.50. The molecule has 0 unspecified atom stereocenters. The normalized spacial score (nSPS) is 12.6. The van der Waals surface area contributed by atoms with Crippen molar-refractivity contribution in [3.05, 3.63) is 441 Å². The number of anilines is 6. The lowest BCUT2D eigenvalue weighted by Crippen LogP contribution is -2.61. The molecule has 0 saturated heterocycles. The Balaban J connectivity index is 0.875. The van der Waals surface area contributed by atoms with Crippen LogP contribution in [0.3, 0.4) is 0 Å². The molecule has 24 rings (SSSR count). The number of fused-ring (bicyclic) bond motifs is 13. The number of aryl methyl sites for hydroxylation is 2. The predicted octanol–water partition coefficient (Wildman–Crippen LogP) is 32.1. The standard InChI is InChI=1S/C124H93BN4O/c1-78-53-60-112-105(63-78)98-47-21-24-50-110(98)126(112)96-56-58-108-114(76-96)128(121-101(82-35-17-11-18-36-82)72-94(123(3,4)5)74-103(121)91-45-29-43-88(67-91)86-41-27-39-84(65-86)80-31-13-9-14-32-80)116-70-93(90-55-62-119-107(69-90)100-49-23-26-52-118(100)130-119)71-117-120(116)125(108)109-59-57-97(127-111-51-25-22-48-99(111)106-64-79(2)54-61-113(106)127)77-115(109)129(117)122-102(83-37-19-12-20-38-83)73-95(124(6,7)8)75-104(122)92-46-30-44-89(68-92)87-42-28-40-85(66-87)81-33-15-10-16-34-81/h9-77H,1-8H3. The molecule has 19 aromatic carbocycles. The van der Waals surface area contributed by atoms with Crippen LogP contribution in [0.25, 0.3) is 177 Å². The molecule has 2 aliphatic rings. The molecule has 5 nitrogen and oxygen atoms in total. The zero-order valence-corrected chi connectivity index (χ0v) is 74.1. The van der Waals surface area contributed by atoms with E-state index in [0.717, 1.165) is 167 Å². The van der Waals surface area contributed by atoms with E-state index < -0.39 is 0 Å². The fraction of sp³-hybridized carbons (Fsp3) is 0.0806. The second kappa shape index (κ2) is 30.5. The van der Waals surface area contributed by atoms with Crippen LogP contribution in [0.4, 0.5) is 34.1 Å². The molecule has 0 spiro atoms. The number of nitrogens with zero attached hydrogens (tertiary/aromatic N) is 4. The lowest BCUT2D eigenvalue weighted by Gasteiger charge is -2.46. The van der Waals surface area contributed by atoms with Gasteiger partial charge in [-0.1, -0.05) is 332 Å². The van der Waals surface area contributed by atoms with Gasteiger partial charge in [0.15, 0.2) is 0 Å². The molecule has 130 heavy (non-hydrogen) atoms. The molecule has 0 atom stereocenters. The Kier molecular flexibility index (Phi) is 18.3. The molecule has 0 N–H and O–H groups in total. The van der Waals surface area contributed by atoms with Crippen LogP contribution in [-0.2, 0) is 10.8 Å². The van der Waals surface area contributed by atoms with Gasteiger partial charge < -0.3 is 23.4 Å². The van der Waals surface area contributed by atoms with E-state index in [9.17, 15) is 0 Å². The van der Waals surface area contributed by atoms with Gasteiger partial charge in [0.05, 0.1) is 33.4 Å². The fourth-order valence-corrected chi connectivity index (χ4v) is 21.0. The van der Waals surface area contributed by atoms with Gasteiger partial charge >= 0.3 is 0 Å². The molecule has 0 saturated carbocycles. The number of rotatable bonds is 13. The van der Waals surface area contributed by atoms with E-state index in [0.29, 0.717) is 0 Å². The maximum absolute atomic E-state index is 6.82. The van der Waals surface area contributed by atoms with Crippen molar-refractivity contribution in [2.24, 2.45) is 0 Å². The van der Waals surface area contributed by atoms with Crippen molar-refractivity contribution in [1.29, 1.82) is 0 Å². The summed E-state index contributed by atoms with van der Waals surface area (Å²) < 4.78 is 11.9. The lowest BCUT2D eigenvalue weighted by atomic mass is 9.33. The van der Waals surface area contributed by atoms with E-state index in [1.54, 1.807) is 0 Å². The van der Waals surface area contributed by atoms with Crippen molar-refractivity contribution in [1.82, 2.24) is 9.13 Å². The maximum atomic E-state index is 6.82. The van der Waals surface area contributed by atoms with Crippen LogP contribution in [0.2, 0.25) is 0 Å². The number of aromatic nitrogens is 2. The number of furan rings is 1. The molecular formula is C124H93BN4O. The molecule has 6 heteroatoms. The van der Waals surface area contributed by atoms with E-state index in [2.05, 4.69) is 493 Å². The Labute approximate surface area is 759 Å². The summed E-state index contributed by atoms with van der Waals surface area (Å²) in [5.41, 5.74) is 42.9. The van der Waals surface area contributed by atoms with E-state index in [-0.39, 0.29) is 17.5 Å². The first-order valence-electron chi connectivity index (χ1n) is 45.5. The average molecular weight is 1670 g/mol. The van der Waals surface area contributed by atoms with Gasteiger partial charge in [0, 0.05) is 88.7 Å². The van der Waals surface area contributed by atoms with E-state index in [1.165, 1.54) is 82.4 Å². The molecule has 2 aliphatic heterocycles. The predicted molar refractivity (Wildman–Crippen MR) is 552 cm³/mol. The van der Waals surface area contributed by atoms with Crippen LogP contribution in [-0.4, -0.2) is 15.8 Å². The topological polar surface area (TPSA) is 29.5 Å². The maximum Gasteiger partial charge on any atom is 0.252 e. The first-order chi connectivity index (χ1) is 63.5. The quantitative estimate of drug-likeness (QED) is 0.108. The third kappa shape index (κ3) is 13.1. The highest BCUT2D eigenvalue weighted by Gasteiger charge is 2.47. The van der Waals surface area contributed by atoms with Gasteiger partial charge in [-0.2, -0.15) is 0 Å². The Morgan fingerprint density at radius 3 is 0.992 bits per heavy atom. The summed E-state index contributed by atoms with van der Waals surface area (Å²) in [7, 11) is 0. The zero-order valence-electron chi connectivity index (χ0n) is 74.1. The zero-order chi connectivity index (χ0) is 87.4. The van der Waals surface area contributed by atoms with Gasteiger partial charge in [0.25, 0.3) is 6.71 Å². The summed E-state index contributed by atoms with van der Waals surface area (Å²) in [6.45, 7) is 18.3. The molecule has 0 aliphatic carbocycles. The second-order valence-corrected chi connectivity index (χ2v) is 37.7. The highest BCUT2D eigenvalue weighted by atomic mass is 16.3. The van der Waals surface area contributed by atoms with Gasteiger partial charge in [-0.05, 0) is 270 Å². The molecule has 0 radical (unpaired) electrons. The highest BCUT2D eigenvalue weighted by Crippen LogP contribution is 2.57. The largest absolute Gasteiger partial charge is 0.456 e. The van der Waals surface area contributed by atoms with Crippen LogP contribution in [0, 0.1) is 13.8 Å². The lowest BCUT2D eigenvalue weighted by molar-refractivity contribution is 0.590. The van der Waals surface area contributed by atoms with Crippen molar-refractivity contribution < 1.29 is 4.42 Å². The minimum absolute atomic E-state index is 0.302. The van der Waals surface area contributed by atoms with Crippen molar-refractivity contribution in [2.75, 3.05) is 9.80 Å². The van der Waals surface area contributed by atoms with Crippen molar-refractivity contribution in [3.8, 4) is 112 Å². The summed E-state index contributed by atoms with van der Waals surface area (Å²) in [6, 6.07) is 159. The van der Waals surface area contributed by atoms with Crippen LogP contribution in [0.5, 0.6) is 0 Å². The first-order valence-corrected chi connectivity index (χ1v) is 45.5. The van der Waals surface area contributed by atoms with Crippen molar-refractivity contribution in [3.63, 3.8) is 0 Å². The highest BCUT2D eigenvalue weighted by molar-refractivity contribution is 7.00. The molecule has 22 aromatic rings. The minimum Gasteiger partial charge on any atom is -0.456 e. The number of para-hydroxylation sites is 3. The summed E-state index contributed by atoms with van der Waals surface area (Å²) in [6.07, 6.45) is 0. The number of hydrogen-bond donors (Lipinski definition) is 0. The van der Waals surface area contributed by atoms with Gasteiger partial charge in [0.1, 0.15) is 11.2 Å². The van der Waals surface area contributed by atoms with Gasteiger partial charge in [-0.3, -0.25) is 0 Å². The third-order valence-electron chi connectivity index (χ3n) is 27.4. The number of hydrogen-bond acceptors (Lipinski definition) is 3. The molecule has 618 valence electrons. The third-order valence-corrected chi connectivity index (χ3v) is 27.4. The Hall–Kier alpha value is -15.8. The Bertz CT molecular complexity index is 7920. The van der Waals surface area contributed by atoms with Crippen LogP contribution in [0.1, 0.15) is 63.8 Å². The van der Waals surface area contributed by atoms with Crippen molar-refractivity contribution in [2.45, 2.75) is 66.2 Å². The molecule has 0 bridgehead atoms. The van der Waals surface area contributed by atoms with Crippen LogP contribution >= 0.6 is 0 Å². The monoisotopic (exact) mass is 1660 g/mol. The fourth-order valence-electron chi connectivity index (χ4n) is 21.0. The Morgan fingerprint density at radius 2 is 0.562 bits per heavy atom. The molecule has 3 aromatic heterocycles. The molecule has 0 fully saturated rings. The smallest absolute Gasteiger partial charge is 0.252 e. The second-order valence-electron chi connectivity index (χ2n) is 37.7. The number of benzene rings is 19. The summed E-state index contributed by atoms with van der Waals surface area (Å²) in [5, 5.41) is 6.99. The van der Waals surface area contributed by atoms with Gasteiger partial charge in [-0.15, -0.1) is 0 Å². The Morgan fingerprint density at radius 1 is 0.223 bits per heavy atom. The van der Waals surface area contributed by atoms with Crippen LogP contribution < -0.4 is 26.2 Å². The minimum atomic E-state index is -0.364. The van der Waals surface area contributed by atoms with E-state index in [4.69, 9.17) is 4.42 Å². The van der Waals surface area contributed by atoms with Gasteiger partial charge in [-0.25, -0.2) is 0 Å². The summed E-state index contributed by atoms with van der Waals surface area (Å²) >= 11 is 0. The van der Waals surface area contributed by atoms with Crippen molar-refractivity contribution >= 4 is 123 Å². The van der Waals surface area contributed by atoms with E-state index >= 15 is 0 Å². The molecule has 0 amide bonds. The van der Waals surface area contributed by atoms with Gasteiger partial charge in [0.2, 0.25) is 0 Å². The van der Waals surface area contributed by atoms with E-state index in [1.807, 2.05) is 0 Å². The summed E-state index contributed by atoms with van der Waals surface area (Å²) in [5.74, 6) is 0. The average Bonchev–Trinajstić information content (AvgIpc) is 0.726. The molecule has 5 heterocycles. The SMILES string of the molecule is Cc1ccc2c(c1)c1ccccc1n2-c1ccc2c(c1)N(c1c(-c3ccccc3)cc(C(C)(C)C)cc1-c1cccc(-c3cccc(-c4ccccc4)c3)c1)c1cc(-c3ccc4oc5ccccc5c4c3)cc3c1B2c1ccc(-n2c4ccccc4c4cc(C)ccc42)cc1N3c1c(-c2ccccc2)cc(C(C)(C)C)cc1-c1cccc(-c2cccc(-c3ccccc3)c2)c1. The van der Waals surface area contributed by atoms with Crippen LogP contribution in [0.15, 0.2) is 423 Å². The molecular weight excluding hydrogens is 1570 g/mol.